The lowest BCUT2D eigenvalue weighted by molar-refractivity contribution is 0.0486. The molecule has 0 aliphatic heterocycles. The molecule has 0 saturated heterocycles. The highest BCUT2D eigenvalue weighted by Crippen LogP contribution is 2.29. The van der Waals surface area contributed by atoms with Gasteiger partial charge in [-0.1, -0.05) is 13.0 Å². The van der Waals surface area contributed by atoms with Crippen LogP contribution in [0.15, 0.2) is 18.2 Å². The van der Waals surface area contributed by atoms with Gasteiger partial charge in [-0.05, 0) is 39.3 Å². The molecule has 0 heterocycles. The molecule has 7 heteroatoms. The highest BCUT2D eigenvalue weighted by molar-refractivity contribution is 5.67. The number of carbonyl (C=O) groups is 1. The molecule has 1 rings (SSSR count). The second kappa shape index (κ2) is 8.69. The molecule has 130 valence electrons. The Kier molecular flexibility index (Phi) is 7.25. The first-order valence-corrected chi connectivity index (χ1v) is 7.55. The van der Waals surface area contributed by atoms with Gasteiger partial charge in [0.1, 0.15) is 23.8 Å². The lowest BCUT2D eigenvalue weighted by Gasteiger charge is -2.24. The van der Waals surface area contributed by atoms with Crippen LogP contribution in [0.2, 0.25) is 0 Å². The molecule has 3 N–H and O–H groups in total. The van der Waals surface area contributed by atoms with Crippen molar-refractivity contribution < 1.29 is 23.8 Å². The molecule has 0 aliphatic rings. The highest BCUT2D eigenvalue weighted by Gasteiger charge is 2.21. The molecule has 1 atom stereocenters. The minimum Gasteiger partial charge on any atom is -0.491 e. The van der Waals surface area contributed by atoms with Gasteiger partial charge in [-0.25, -0.2) is 14.6 Å². The zero-order chi connectivity index (χ0) is 17.5. The van der Waals surface area contributed by atoms with Crippen molar-refractivity contribution in [2.45, 2.75) is 45.8 Å². The molecule has 0 saturated carbocycles. The van der Waals surface area contributed by atoms with E-state index in [0.29, 0.717) is 17.7 Å². The van der Waals surface area contributed by atoms with Crippen LogP contribution in [0.25, 0.3) is 0 Å². The maximum absolute atomic E-state index is 14.2. The van der Waals surface area contributed by atoms with Crippen molar-refractivity contribution >= 4 is 6.09 Å². The number of benzene rings is 1. The van der Waals surface area contributed by atoms with Gasteiger partial charge in [0.2, 0.25) is 0 Å². The maximum atomic E-state index is 14.2. The first kappa shape index (κ1) is 19.2. The van der Waals surface area contributed by atoms with E-state index in [1.807, 2.05) is 6.92 Å². The van der Waals surface area contributed by atoms with E-state index in [9.17, 15) is 9.18 Å². The minimum atomic E-state index is -0.648. The predicted octanol–water partition coefficient (Wildman–Crippen LogP) is 2.68. The van der Waals surface area contributed by atoms with Crippen molar-refractivity contribution in [3.05, 3.63) is 29.6 Å². The number of hydrogen-bond donors (Lipinski definition) is 3. The Bertz CT molecular complexity index is 517. The number of carbonyl (C=O) groups excluding carboxylic acids is 1. The average molecular weight is 328 g/mol. The van der Waals surface area contributed by atoms with Crippen LogP contribution in [-0.4, -0.2) is 30.0 Å². The van der Waals surface area contributed by atoms with Crippen LogP contribution in [-0.2, 0) is 4.74 Å². The van der Waals surface area contributed by atoms with Crippen LogP contribution in [0.5, 0.6) is 5.75 Å². The van der Waals surface area contributed by atoms with Crippen molar-refractivity contribution in [1.29, 1.82) is 0 Å². The fourth-order valence-corrected chi connectivity index (χ4v) is 1.96. The van der Waals surface area contributed by atoms with E-state index in [-0.39, 0.29) is 13.2 Å². The van der Waals surface area contributed by atoms with E-state index in [2.05, 4.69) is 10.9 Å². The SMILES string of the molecule is CC[C@@H](NNC(=O)OC(C)(C)C)c1c(F)cccc1OCCO. The largest absolute Gasteiger partial charge is 0.491 e. The molecule has 23 heavy (non-hydrogen) atoms. The Morgan fingerprint density at radius 3 is 2.65 bits per heavy atom. The number of halogens is 1. The number of nitrogens with one attached hydrogen (secondary N) is 2. The average Bonchev–Trinajstić information content (AvgIpc) is 2.45. The molecule has 0 radical (unpaired) electrons. The Balaban J connectivity index is 2.83. The number of aliphatic hydroxyl groups excluding tert-OH is 1. The predicted molar refractivity (Wildman–Crippen MR) is 84.5 cm³/mol. The summed E-state index contributed by atoms with van der Waals surface area (Å²) in [4.78, 5) is 11.7. The summed E-state index contributed by atoms with van der Waals surface area (Å²) in [6.07, 6.45) is -0.142. The Morgan fingerprint density at radius 2 is 2.09 bits per heavy atom. The minimum absolute atomic E-state index is 0.0619. The van der Waals surface area contributed by atoms with Crippen molar-refractivity contribution in [2.24, 2.45) is 0 Å². The summed E-state index contributed by atoms with van der Waals surface area (Å²) in [6.45, 7) is 6.99. The van der Waals surface area contributed by atoms with Gasteiger partial charge in [0.25, 0.3) is 0 Å². The van der Waals surface area contributed by atoms with Crippen molar-refractivity contribution in [3.63, 3.8) is 0 Å². The first-order chi connectivity index (χ1) is 10.8. The van der Waals surface area contributed by atoms with Crippen LogP contribution in [0.3, 0.4) is 0 Å². The van der Waals surface area contributed by atoms with Crippen LogP contribution in [0.1, 0.15) is 45.7 Å². The molecule has 0 spiro atoms. The van der Waals surface area contributed by atoms with Gasteiger partial charge in [-0.15, -0.1) is 0 Å². The molecule has 0 bridgehead atoms. The fraction of sp³-hybridized carbons (Fsp3) is 0.562. The fourth-order valence-electron chi connectivity index (χ4n) is 1.96. The Hall–Kier alpha value is -1.86. The molecule has 1 amide bonds. The van der Waals surface area contributed by atoms with Gasteiger partial charge in [-0.2, -0.15) is 0 Å². The normalized spacial score (nSPS) is 12.6. The molecule has 6 nitrogen and oxygen atoms in total. The number of hydrazine groups is 1. The molecule has 1 aromatic carbocycles. The quantitative estimate of drug-likeness (QED) is 0.671. The summed E-state index contributed by atoms with van der Waals surface area (Å²) < 4.78 is 24.7. The molecule has 0 fully saturated rings. The Morgan fingerprint density at radius 1 is 1.39 bits per heavy atom. The molecular formula is C16H25FN2O4. The number of ether oxygens (including phenoxy) is 2. The number of aliphatic hydroxyl groups is 1. The number of rotatable bonds is 7. The summed E-state index contributed by atoms with van der Waals surface area (Å²) in [7, 11) is 0. The van der Waals surface area contributed by atoms with Crippen LogP contribution in [0, 0.1) is 5.82 Å². The highest BCUT2D eigenvalue weighted by atomic mass is 19.1. The topological polar surface area (TPSA) is 79.8 Å². The summed E-state index contributed by atoms with van der Waals surface area (Å²) in [5.74, 6) is -0.129. The van der Waals surface area contributed by atoms with E-state index >= 15 is 0 Å². The van der Waals surface area contributed by atoms with Gasteiger partial charge in [-0.3, -0.25) is 5.43 Å². The number of hydrogen-bond acceptors (Lipinski definition) is 5. The molecule has 0 aromatic heterocycles. The zero-order valence-electron chi connectivity index (χ0n) is 14.0. The van der Waals surface area contributed by atoms with Gasteiger partial charge in [0.15, 0.2) is 0 Å². The molecule has 0 unspecified atom stereocenters. The summed E-state index contributed by atoms with van der Waals surface area (Å²) >= 11 is 0. The molecule has 0 aliphatic carbocycles. The first-order valence-electron chi connectivity index (χ1n) is 7.55. The molecular weight excluding hydrogens is 303 g/mol. The maximum Gasteiger partial charge on any atom is 0.422 e. The summed E-state index contributed by atoms with van der Waals surface area (Å²) in [6, 6.07) is 3.96. The van der Waals surface area contributed by atoms with E-state index in [4.69, 9.17) is 14.6 Å². The van der Waals surface area contributed by atoms with Crippen LogP contribution in [0.4, 0.5) is 9.18 Å². The van der Waals surface area contributed by atoms with E-state index in [0.717, 1.165) is 0 Å². The van der Waals surface area contributed by atoms with E-state index in [1.165, 1.54) is 12.1 Å². The molecule has 1 aromatic rings. The zero-order valence-corrected chi connectivity index (χ0v) is 14.0. The van der Waals surface area contributed by atoms with E-state index < -0.39 is 23.6 Å². The number of amides is 1. The van der Waals surface area contributed by atoms with Crippen LogP contribution >= 0.6 is 0 Å². The third kappa shape index (κ3) is 6.42. The second-order valence-electron chi connectivity index (χ2n) is 5.96. The smallest absolute Gasteiger partial charge is 0.422 e. The van der Waals surface area contributed by atoms with Crippen molar-refractivity contribution in [1.82, 2.24) is 10.9 Å². The van der Waals surface area contributed by atoms with Gasteiger partial charge < -0.3 is 14.6 Å². The van der Waals surface area contributed by atoms with E-state index in [1.54, 1.807) is 26.8 Å². The standard InChI is InChI=1S/C16H25FN2O4/c1-5-12(18-19-15(21)23-16(2,3)4)14-11(17)7-6-8-13(14)22-10-9-20/h6-8,12,18,20H,5,9-10H2,1-4H3,(H,19,21)/t12-/m1/s1. The lowest BCUT2D eigenvalue weighted by Crippen LogP contribution is -2.43. The summed E-state index contributed by atoms with van der Waals surface area (Å²) in [5.41, 5.74) is 4.84. The van der Waals surface area contributed by atoms with Gasteiger partial charge >= 0.3 is 6.09 Å². The monoisotopic (exact) mass is 328 g/mol. The van der Waals surface area contributed by atoms with Crippen LogP contribution < -0.4 is 15.6 Å². The Labute approximate surface area is 135 Å². The lowest BCUT2D eigenvalue weighted by atomic mass is 10.0. The third-order valence-electron chi connectivity index (χ3n) is 2.87. The third-order valence-corrected chi connectivity index (χ3v) is 2.87. The second-order valence-corrected chi connectivity index (χ2v) is 5.96. The summed E-state index contributed by atoms with van der Waals surface area (Å²) in [5, 5.41) is 8.86. The van der Waals surface area contributed by atoms with Crippen molar-refractivity contribution in [2.75, 3.05) is 13.2 Å². The van der Waals surface area contributed by atoms with Gasteiger partial charge in [0.05, 0.1) is 12.6 Å². The van der Waals surface area contributed by atoms with Crippen molar-refractivity contribution in [3.8, 4) is 5.75 Å². The van der Waals surface area contributed by atoms with Gasteiger partial charge in [0, 0.05) is 5.56 Å².